The second-order valence-corrected chi connectivity index (χ2v) is 5.61. The van der Waals surface area contributed by atoms with Crippen LogP contribution in [0.15, 0.2) is 48.5 Å². The quantitative estimate of drug-likeness (QED) is 0.534. The second kappa shape index (κ2) is 9.14. The summed E-state index contributed by atoms with van der Waals surface area (Å²) in [7, 11) is 1.26. The normalized spacial score (nSPS) is 9.85. The lowest BCUT2D eigenvalue weighted by Crippen LogP contribution is -2.21. The van der Waals surface area contributed by atoms with Crippen molar-refractivity contribution in [1.29, 1.82) is 0 Å². The minimum absolute atomic E-state index is 0.230. The molecule has 0 saturated heterocycles. The second-order valence-electron chi connectivity index (χ2n) is 5.61. The predicted octanol–water partition coefficient (Wildman–Crippen LogP) is 2.40. The van der Waals surface area contributed by atoms with E-state index in [4.69, 9.17) is 0 Å². The van der Waals surface area contributed by atoms with E-state index in [-0.39, 0.29) is 11.5 Å². The van der Waals surface area contributed by atoms with E-state index in [1.807, 2.05) is 0 Å². The molecule has 0 heterocycles. The molecule has 0 bridgehead atoms. The molecule has 0 radical (unpaired) electrons. The maximum Gasteiger partial charge on any atom is 0.337 e. The van der Waals surface area contributed by atoms with Crippen LogP contribution in [0.4, 0.5) is 17.1 Å². The Morgan fingerprint density at radius 2 is 1.33 bits per heavy atom. The van der Waals surface area contributed by atoms with Gasteiger partial charge < -0.3 is 20.7 Å². The summed E-state index contributed by atoms with van der Waals surface area (Å²) in [6, 6.07) is 12.8. The first kappa shape index (κ1) is 19.6. The Morgan fingerprint density at radius 1 is 0.815 bits per heavy atom. The van der Waals surface area contributed by atoms with Crippen LogP contribution in [-0.2, 0) is 19.1 Å². The van der Waals surface area contributed by atoms with Gasteiger partial charge >= 0.3 is 5.97 Å². The topological polar surface area (TPSA) is 114 Å². The largest absolute Gasteiger partial charge is 0.465 e. The molecule has 0 atom stereocenters. The van der Waals surface area contributed by atoms with Crippen molar-refractivity contribution < 1.29 is 23.9 Å². The zero-order chi connectivity index (χ0) is 19.8. The number of hydrogen-bond donors (Lipinski definition) is 3. The van der Waals surface area contributed by atoms with Gasteiger partial charge in [-0.15, -0.1) is 0 Å². The first-order chi connectivity index (χ1) is 12.9. The number of carbonyl (C=O) groups excluding carboxylic acids is 4. The van der Waals surface area contributed by atoms with E-state index in [1.165, 1.54) is 20.1 Å². The molecule has 140 valence electrons. The number of rotatable bonds is 6. The molecule has 0 aliphatic carbocycles. The van der Waals surface area contributed by atoms with E-state index in [0.29, 0.717) is 17.1 Å². The summed E-state index contributed by atoms with van der Waals surface area (Å²) in [6.07, 6.45) is -0.410. The van der Waals surface area contributed by atoms with Crippen LogP contribution in [0.2, 0.25) is 0 Å². The van der Waals surface area contributed by atoms with Gasteiger partial charge in [0, 0.05) is 24.0 Å². The Labute approximate surface area is 155 Å². The van der Waals surface area contributed by atoms with E-state index in [9.17, 15) is 19.2 Å². The van der Waals surface area contributed by atoms with E-state index in [2.05, 4.69) is 20.7 Å². The van der Waals surface area contributed by atoms with E-state index < -0.39 is 24.2 Å². The fourth-order valence-electron chi connectivity index (χ4n) is 2.28. The van der Waals surface area contributed by atoms with Gasteiger partial charge in [0.2, 0.25) is 17.7 Å². The summed E-state index contributed by atoms with van der Waals surface area (Å²) in [4.78, 5) is 46.6. The Bertz CT molecular complexity index is 879. The third-order valence-electron chi connectivity index (χ3n) is 3.36. The van der Waals surface area contributed by atoms with Crippen LogP contribution in [0.3, 0.4) is 0 Å². The van der Waals surface area contributed by atoms with Crippen molar-refractivity contribution in [3.63, 3.8) is 0 Å². The zero-order valence-electron chi connectivity index (χ0n) is 14.9. The van der Waals surface area contributed by atoms with Gasteiger partial charge in [0.05, 0.1) is 12.7 Å². The predicted molar refractivity (Wildman–Crippen MR) is 100 cm³/mol. The van der Waals surface area contributed by atoms with Crippen LogP contribution in [-0.4, -0.2) is 30.8 Å². The number of nitrogens with one attached hydrogen (secondary N) is 3. The minimum atomic E-state index is -0.535. The molecule has 3 amide bonds. The SMILES string of the molecule is COC(=O)c1cccc(NC(=O)CC(=O)Nc2cccc(NC(C)=O)c2)c1. The lowest BCUT2D eigenvalue weighted by atomic mass is 10.2. The van der Waals surface area contributed by atoms with Gasteiger partial charge in [-0.25, -0.2) is 4.79 Å². The molecule has 2 aromatic rings. The van der Waals surface area contributed by atoms with Gasteiger partial charge in [0.25, 0.3) is 0 Å². The number of carbonyl (C=O) groups is 4. The number of amides is 3. The average Bonchev–Trinajstić information content (AvgIpc) is 2.60. The van der Waals surface area contributed by atoms with Crippen LogP contribution in [0.1, 0.15) is 23.7 Å². The summed E-state index contributed by atoms with van der Waals surface area (Å²) < 4.78 is 4.62. The molecule has 8 heteroatoms. The maximum absolute atomic E-state index is 12.0. The molecule has 0 aliphatic rings. The Morgan fingerprint density at radius 3 is 1.89 bits per heavy atom. The zero-order valence-corrected chi connectivity index (χ0v) is 14.9. The van der Waals surface area contributed by atoms with Gasteiger partial charge in [-0.05, 0) is 36.4 Å². The summed E-state index contributed by atoms with van der Waals surface area (Å²) in [5.41, 5.74) is 1.65. The highest BCUT2D eigenvalue weighted by atomic mass is 16.5. The summed E-state index contributed by atoms with van der Waals surface area (Å²) in [5.74, 6) is -1.81. The average molecular weight is 369 g/mol. The van der Waals surface area contributed by atoms with Gasteiger partial charge in [0.15, 0.2) is 0 Å². The van der Waals surface area contributed by atoms with Crippen LogP contribution < -0.4 is 16.0 Å². The van der Waals surface area contributed by atoms with E-state index in [1.54, 1.807) is 42.5 Å². The number of methoxy groups -OCH3 is 1. The van der Waals surface area contributed by atoms with Crippen molar-refractivity contribution in [2.45, 2.75) is 13.3 Å². The van der Waals surface area contributed by atoms with Crippen molar-refractivity contribution in [1.82, 2.24) is 0 Å². The Balaban J connectivity index is 1.93. The van der Waals surface area contributed by atoms with Gasteiger partial charge in [0.1, 0.15) is 6.42 Å². The van der Waals surface area contributed by atoms with E-state index in [0.717, 1.165) is 0 Å². The van der Waals surface area contributed by atoms with Crippen LogP contribution >= 0.6 is 0 Å². The number of esters is 1. The highest BCUT2D eigenvalue weighted by Crippen LogP contribution is 2.16. The molecule has 2 aromatic carbocycles. The molecule has 0 saturated carbocycles. The fourth-order valence-corrected chi connectivity index (χ4v) is 2.28. The monoisotopic (exact) mass is 369 g/mol. The van der Waals surface area contributed by atoms with Crippen molar-refractivity contribution in [2.24, 2.45) is 0 Å². The van der Waals surface area contributed by atoms with Crippen molar-refractivity contribution in [3.8, 4) is 0 Å². The Kier molecular flexibility index (Phi) is 6.65. The lowest BCUT2D eigenvalue weighted by molar-refractivity contribution is -0.123. The van der Waals surface area contributed by atoms with Crippen molar-refractivity contribution >= 4 is 40.8 Å². The van der Waals surface area contributed by atoms with Crippen LogP contribution in [0.5, 0.6) is 0 Å². The molecule has 8 nitrogen and oxygen atoms in total. The molecule has 0 aliphatic heterocycles. The van der Waals surface area contributed by atoms with Gasteiger partial charge in [-0.1, -0.05) is 12.1 Å². The first-order valence-corrected chi connectivity index (χ1v) is 8.03. The minimum Gasteiger partial charge on any atom is -0.465 e. The molecular formula is C19H19N3O5. The Hall–Kier alpha value is -3.68. The van der Waals surface area contributed by atoms with Crippen molar-refractivity contribution in [3.05, 3.63) is 54.1 Å². The molecule has 27 heavy (non-hydrogen) atoms. The van der Waals surface area contributed by atoms with Crippen LogP contribution in [0, 0.1) is 0 Å². The highest BCUT2D eigenvalue weighted by molar-refractivity contribution is 6.08. The maximum atomic E-state index is 12.0. The number of anilines is 3. The molecular weight excluding hydrogens is 350 g/mol. The third-order valence-corrected chi connectivity index (χ3v) is 3.36. The summed E-state index contributed by atoms with van der Waals surface area (Å²) in [6.45, 7) is 1.38. The molecule has 0 fully saturated rings. The summed E-state index contributed by atoms with van der Waals surface area (Å²) >= 11 is 0. The number of hydrogen-bond acceptors (Lipinski definition) is 5. The standard InChI is InChI=1S/C19H19N3O5/c1-12(23)20-15-7-4-8-16(10-15)22-18(25)11-17(24)21-14-6-3-5-13(9-14)19(26)27-2/h3-10H,11H2,1-2H3,(H,20,23)(H,21,24)(H,22,25). The van der Waals surface area contributed by atoms with Gasteiger partial charge in [-0.2, -0.15) is 0 Å². The number of ether oxygens (including phenoxy) is 1. The molecule has 0 unspecified atom stereocenters. The smallest absolute Gasteiger partial charge is 0.337 e. The lowest BCUT2D eigenvalue weighted by Gasteiger charge is -2.09. The molecule has 0 spiro atoms. The summed E-state index contributed by atoms with van der Waals surface area (Å²) in [5, 5.41) is 7.74. The highest BCUT2D eigenvalue weighted by Gasteiger charge is 2.12. The third kappa shape index (κ3) is 6.28. The molecule has 3 N–H and O–H groups in total. The fraction of sp³-hybridized carbons (Fsp3) is 0.158. The molecule has 0 aromatic heterocycles. The van der Waals surface area contributed by atoms with Crippen molar-refractivity contribution in [2.75, 3.05) is 23.1 Å². The molecule has 2 rings (SSSR count). The van der Waals surface area contributed by atoms with Gasteiger partial charge in [-0.3, -0.25) is 14.4 Å². The van der Waals surface area contributed by atoms with Crippen LogP contribution in [0.25, 0.3) is 0 Å². The number of benzene rings is 2. The first-order valence-electron chi connectivity index (χ1n) is 8.03. The van der Waals surface area contributed by atoms with E-state index >= 15 is 0 Å².